The van der Waals surface area contributed by atoms with E-state index in [0.29, 0.717) is 54.3 Å². The summed E-state index contributed by atoms with van der Waals surface area (Å²) >= 11 is 0. The van der Waals surface area contributed by atoms with Crippen molar-refractivity contribution in [2.75, 3.05) is 39.3 Å². The lowest BCUT2D eigenvalue weighted by Gasteiger charge is -2.32. The number of benzene rings is 5. The molecule has 6 aromatic rings. The van der Waals surface area contributed by atoms with Crippen molar-refractivity contribution in [2.24, 2.45) is 5.92 Å². The van der Waals surface area contributed by atoms with Crippen molar-refractivity contribution in [3.8, 4) is 11.5 Å². The zero-order valence-corrected chi connectivity index (χ0v) is 33.6. The molecule has 0 bridgehead atoms. The van der Waals surface area contributed by atoms with Crippen molar-refractivity contribution in [3.05, 3.63) is 177 Å². The predicted octanol–water partition coefficient (Wildman–Crippen LogP) is 6.84. The molecule has 0 aliphatic carbocycles. The fourth-order valence-corrected chi connectivity index (χ4v) is 7.66. The Labute approximate surface area is 350 Å². The number of fused-ring (bicyclic) bond motifs is 1. The molecule has 1 aromatic heterocycles. The van der Waals surface area contributed by atoms with Gasteiger partial charge in [0.1, 0.15) is 24.0 Å². The second-order valence-corrected chi connectivity index (χ2v) is 15.4. The number of esters is 1. The number of aliphatic hydroxyl groups is 1. The zero-order chi connectivity index (χ0) is 41.7. The molecule has 310 valence electrons. The molecular weight excluding hydrogens is 757 g/mol. The highest BCUT2D eigenvalue weighted by Gasteiger charge is 2.27. The molecule has 11 heteroatoms. The minimum absolute atomic E-state index is 0.0578. The van der Waals surface area contributed by atoms with Gasteiger partial charge in [-0.2, -0.15) is 0 Å². The van der Waals surface area contributed by atoms with Crippen molar-refractivity contribution in [3.63, 3.8) is 0 Å². The van der Waals surface area contributed by atoms with Crippen LogP contribution in [0.3, 0.4) is 0 Å². The van der Waals surface area contributed by atoms with Crippen LogP contribution in [-0.2, 0) is 22.7 Å². The molecule has 60 heavy (non-hydrogen) atoms. The molecule has 0 saturated carbocycles. The number of carbonyl (C=O) groups is 2. The monoisotopic (exact) mass is 808 g/mol. The molecule has 2 atom stereocenters. The van der Waals surface area contributed by atoms with Crippen LogP contribution < -0.4 is 20.9 Å². The molecule has 2 heterocycles. The molecule has 11 nitrogen and oxygen atoms in total. The SMILES string of the molecule is O=C(NCCCNCC(O)c1ccc(O)c2[nH]c(=O)ccc12)c1ccc(COc2cccc(C(C(=O)OCC3CCN(Cc4ccccc4)CC3)c3ccccc3)c2)cc1. The molecule has 2 unspecified atom stereocenters. The maximum Gasteiger partial charge on any atom is 0.317 e. The molecule has 1 aliphatic heterocycles. The Bertz CT molecular complexity index is 2380. The third kappa shape index (κ3) is 11.3. The normalized spacial score (nSPS) is 14.3. The van der Waals surface area contributed by atoms with Crippen molar-refractivity contribution in [1.82, 2.24) is 20.5 Å². The lowest BCUT2D eigenvalue weighted by atomic mass is 9.91. The Hall–Kier alpha value is -6.27. The van der Waals surface area contributed by atoms with Gasteiger partial charge in [0.2, 0.25) is 5.56 Å². The highest BCUT2D eigenvalue weighted by atomic mass is 16.5. The van der Waals surface area contributed by atoms with E-state index in [-0.39, 0.29) is 41.9 Å². The van der Waals surface area contributed by atoms with Crippen LogP contribution in [0.5, 0.6) is 11.5 Å². The number of rotatable bonds is 18. The summed E-state index contributed by atoms with van der Waals surface area (Å²) in [5.41, 5.74) is 4.94. The minimum Gasteiger partial charge on any atom is -0.506 e. The third-order valence-electron chi connectivity index (χ3n) is 11.0. The third-order valence-corrected chi connectivity index (χ3v) is 11.0. The van der Waals surface area contributed by atoms with Gasteiger partial charge in [0.25, 0.3) is 5.91 Å². The zero-order valence-electron chi connectivity index (χ0n) is 33.6. The van der Waals surface area contributed by atoms with E-state index in [2.05, 4.69) is 44.8 Å². The van der Waals surface area contributed by atoms with Crippen molar-refractivity contribution < 1.29 is 29.3 Å². The number of hydrogen-bond acceptors (Lipinski definition) is 9. The van der Waals surface area contributed by atoms with Crippen molar-refractivity contribution in [1.29, 1.82) is 0 Å². The van der Waals surface area contributed by atoms with Gasteiger partial charge >= 0.3 is 5.97 Å². The lowest BCUT2D eigenvalue weighted by molar-refractivity contribution is -0.146. The van der Waals surface area contributed by atoms with Gasteiger partial charge in [-0.25, -0.2) is 0 Å². The number of H-pyrrole nitrogens is 1. The number of phenolic OH excluding ortho intramolecular Hbond substituents is 1. The van der Waals surface area contributed by atoms with E-state index in [1.165, 1.54) is 17.7 Å². The second kappa shape index (κ2) is 20.6. The smallest absolute Gasteiger partial charge is 0.317 e. The average Bonchev–Trinajstić information content (AvgIpc) is 3.28. The summed E-state index contributed by atoms with van der Waals surface area (Å²) < 4.78 is 12.2. The van der Waals surface area contributed by atoms with Gasteiger partial charge in [-0.15, -0.1) is 0 Å². The average molecular weight is 809 g/mol. The van der Waals surface area contributed by atoms with Crippen LogP contribution in [0.1, 0.15) is 69.5 Å². The Morgan fingerprint density at radius 1 is 0.800 bits per heavy atom. The van der Waals surface area contributed by atoms with E-state index in [0.717, 1.165) is 49.2 Å². The topological polar surface area (TPSA) is 153 Å². The Balaban J connectivity index is 0.851. The van der Waals surface area contributed by atoms with Crippen LogP contribution in [0, 0.1) is 5.92 Å². The molecule has 5 N–H and O–H groups in total. The first-order chi connectivity index (χ1) is 29.3. The number of aliphatic hydroxyl groups excluding tert-OH is 1. The number of pyridine rings is 1. The number of aromatic nitrogens is 1. The summed E-state index contributed by atoms with van der Waals surface area (Å²) in [7, 11) is 0. The van der Waals surface area contributed by atoms with Crippen LogP contribution in [0.25, 0.3) is 10.9 Å². The number of nitrogens with one attached hydrogen (secondary N) is 3. The lowest BCUT2D eigenvalue weighted by Crippen LogP contribution is -2.35. The quantitative estimate of drug-likeness (QED) is 0.0464. The number of aromatic hydroxyl groups is 1. The number of phenols is 1. The number of likely N-dealkylation sites (tertiary alicyclic amines) is 1. The number of carbonyl (C=O) groups excluding carboxylic acids is 2. The van der Waals surface area contributed by atoms with E-state index in [1.807, 2.05) is 72.8 Å². The van der Waals surface area contributed by atoms with Crippen LogP contribution >= 0.6 is 0 Å². The first kappa shape index (κ1) is 41.9. The maximum absolute atomic E-state index is 13.8. The molecule has 7 rings (SSSR count). The summed E-state index contributed by atoms with van der Waals surface area (Å²) in [6.45, 7) is 4.86. The second-order valence-electron chi connectivity index (χ2n) is 15.4. The summed E-state index contributed by atoms with van der Waals surface area (Å²) in [5, 5.41) is 27.6. The number of piperidine rings is 1. The molecule has 5 aromatic carbocycles. The van der Waals surface area contributed by atoms with Gasteiger partial charge in [-0.1, -0.05) is 91.0 Å². The fraction of sp³-hybridized carbons (Fsp3) is 0.286. The van der Waals surface area contributed by atoms with Crippen LogP contribution in [0.4, 0.5) is 0 Å². The van der Waals surface area contributed by atoms with E-state index < -0.39 is 12.0 Å². The largest absolute Gasteiger partial charge is 0.506 e. The van der Waals surface area contributed by atoms with Crippen molar-refractivity contribution in [2.45, 2.75) is 44.4 Å². The van der Waals surface area contributed by atoms with E-state index in [9.17, 15) is 24.6 Å². The number of aromatic amines is 1. The molecule has 0 radical (unpaired) electrons. The van der Waals surface area contributed by atoms with Gasteiger partial charge in [0, 0.05) is 36.7 Å². The minimum atomic E-state index is -0.857. The summed E-state index contributed by atoms with van der Waals surface area (Å²) in [5.74, 6) is -0.148. The summed E-state index contributed by atoms with van der Waals surface area (Å²) in [6, 6.07) is 41.1. The Kier molecular flexibility index (Phi) is 14.4. The number of hydrogen-bond donors (Lipinski definition) is 5. The van der Waals surface area contributed by atoms with Crippen molar-refractivity contribution >= 4 is 22.8 Å². The maximum atomic E-state index is 13.8. The van der Waals surface area contributed by atoms with Crippen LogP contribution in [0.2, 0.25) is 0 Å². The van der Waals surface area contributed by atoms with Gasteiger partial charge in [0.05, 0.1) is 18.2 Å². The molecule has 0 spiro atoms. The van der Waals surface area contributed by atoms with Gasteiger partial charge in [-0.05, 0) is 109 Å². The first-order valence-electron chi connectivity index (χ1n) is 20.6. The molecule has 1 fully saturated rings. The molecular formula is C49H52N4O7. The predicted molar refractivity (Wildman–Crippen MR) is 232 cm³/mol. The van der Waals surface area contributed by atoms with Gasteiger partial charge < -0.3 is 35.3 Å². The fourth-order valence-electron chi connectivity index (χ4n) is 7.66. The highest BCUT2D eigenvalue weighted by Crippen LogP contribution is 2.31. The summed E-state index contributed by atoms with van der Waals surface area (Å²) in [6.07, 6.45) is 1.77. The van der Waals surface area contributed by atoms with Gasteiger partial charge in [-0.3, -0.25) is 19.3 Å². The number of ether oxygens (including phenoxy) is 2. The van der Waals surface area contributed by atoms with E-state index in [1.54, 1.807) is 24.3 Å². The highest BCUT2D eigenvalue weighted by molar-refractivity contribution is 5.94. The first-order valence-corrected chi connectivity index (χ1v) is 20.6. The summed E-state index contributed by atoms with van der Waals surface area (Å²) in [4.78, 5) is 43.4. The molecule has 1 saturated heterocycles. The molecule has 1 aliphatic rings. The van der Waals surface area contributed by atoms with E-state index >= 15 is 0 Å². The Morgan fingerprint density at radius 3 is 2.30 bits per heavy atom. The number of amides is 1. The van der Waals surface area contributed by atoms with Crippen LogP contribution in [0.15, 0.2) is 138 Å². The van der Waals surface area contributed by atoms with Crippen LogP contribution in [-0.4, -0.2) is 71.3 Å². The Morgan fingerprint density at radius 2 is 1.53 bits per heavy atom. The van der Waals surface area contributed by atoms with E-state index in [4.69, 9.17) is 9.47 Å². The molecule has 1 amide bonds. The van der Waals surface area contributed by atoms with Gasteiger partial charge in [0.15, 0.2) is 0 Å². The number of nitrogens with zero attached hydrogens (tertiary/aromatic N) is 1. The standard InChI is InChI=1S/C49H52N4O7/c54-43-21-19-41(42-20-22-45(56)52-47(42)43)44(55)30-50-25-8-26-51-48(57)38-17-15-35(16-18-38)32-59-40-14-7-13-39(29-40)46(37-11-5-2-6-12-37)49(58)60-33-36-23-27-53(28-24-36)31-34-9-3-1-4-10-34/h1-7,9-22,29,36,44,46,50,54-55H,8,23-28,30-33H2,(H,51,57)(H,52,56).